The zero-order valence-corrected chi connectivity index (χ0v) is 13.2. The van der Waals surface area contributed by atoms with Crippen molar-refractivity contribution in [2.24, 2.45) is 0 Å². The van der Waals surface area contributed by atoms with Gasteiger partial charge in [0.05, 0.1) is 0 Å². The van der Waals surface area contributed by atoms with E-state index < -0.39 is 0 Å². The number of amides is 2. The maximum absolute atomic E-state index is 12.2. The number of anilines is 1. The van der Waals surface area contributed by atoms with Gasteiger partial charge in [0.25, 0.3) is 0 Å². The lowest BCUT2D eigenvalue weighted by Gasteiger charge is -2.42. The molecule has 22 heavy (non-hydrogen) atoms. The Morgan fingerprint density at radius 3 is 2.50 bits per heavy atom. The molecule has 120 valence electrons. The third kappa shape index (κ3) is 3.75. The maximum atomic E-state index is 12.2. The SMILES string of the molecule is CN1CCN(C2CCN(C(=O)Nc3ccccn3)CC2)CC1. The topological polar surface area (TPSA) is 51.7 Å². The van der Waals surface area contributed by atoms with Crippen LogP contribution in [0.1, 0.15) is 12.8 Å². The van der Waals surface area contributed by atoms with Crippen LogP contribution < -0.4 is 5.32 Å². The summed E-state index contributed by atoms with van der Waals surface area (Å²) >= 11 is 0. The third-order valence-corrected chi connectivity index (χ3v) is 4.71. The second-order valence-electron chi connectivity index (χ2n) is 6.20. The van der Waals surface area contributed by atoms with Crippen LogP contribution in [0, 0.1) is 0 Å². The molecule has 0 aliphatic carbocycles. The van der Waals surface area contributed by atoms with E-state index in [1.54, 1.807) is 6.20 Å². The highest BCUT2D eigenvalue weighted by Crippen LogP contribution is 2.18. The molecule has 6 nitrogen and oxygen atoms in total. The predicted octanol–water partition coefficient (Wildman–Crippen LogP) is 1.33. The second-order valence-corrected chi connectivity index (χ2v) is 6.20. The summed E-state index contributed by atoms with van der Waals surface area (Å²) < 4.78 is 0. The molecule has 2 fully saturated rings. The van der Waals surface area contributed by atoms with Crippen molar-refractivity contribution in [3.8, 4) is 0 Å². The Kier molecular flexibility index (Phi) is 4.90. The third-order valence-electron chi connectivity index (χ3n) is 4.71. The van der Waals surface area contributed by atoms with Crippen LogP contribution in [-0.4, -0.2) is 78.1 Å². The summed E-state index contributed by atoms with van der Waals surface area (Å²) in [5.74, 6) is 0.619. The average Bonchev–Trinajstić information content (AvgIpc) is 2.57. The second kappa shape index (κ2) is 7.07. The lowest BCUT2D eigenvalue weighted by molar-refractivity contribution is 0.0765. The summed E-state index contributed by atoms with van der Waals surface area (Å²) in [5.41, 5.74) is 0. The Morgan fingerprint density at radius 2 is 1.86 bits per heavy atom. The predicted molar refractivity (Wildman–Crippen MR) is 86.9 cm³/mol. The number of carbonyl (C=O) groups excluding carboxylic acids is 1. The lowest BCUT2D eigenvalue weighted by Crippen LogP contribution is -2.53. The molecule has 2 aliphatic heterocycles. The summed E-state index contributed by atoms with van der Waals surface area (Å²) in [4.78, 5) is 23.3. The average molecular weight is 303 g/mol. The lowest BCUT2D eigenvalue weighted by atomic mass is 10.0. The van der Waals surface area contributed by atoms with Crippen LogP contribution in [0.5, 0.6) is 0 Å². The molecule has 0 unspecified atom stereocenters. The van der Waals surface area contributed by atoms with Gasteiger partial charge in [-0.05, 0) is 32.0 Å². The van der Waals surface area contributed by atoms with Gasteiger partial charge in [0, 0.05) is 51.5 Å². The molecule has 0 radical (unpaired) electrons. The number of nitrogens with one attached hydrogen (secondary N) is 1. The van der Waals surface area contributed by atoms with Crippen LogP contribution in [0.4, 0.5) is 10.6 Å². The van der Waals surface area contributed by atoms with E-state index in [1.165, 1.54) is 0 Å². The Balaban J connectivity index is 1.46. The van der Waals surface area contributed by atoms with Crippen LogP contribution in [0.2, 0.25) is 0 Å². The molecule has 0 bridgehead atoms. The van der Waals surface area contributed by atoms with Gasteiger partial charge in [-0.25, -0.2) is 9.78 Å². The largest absolute Gasteiger partial charge is 0.324 e. The smallest absolute Gasteiger partial charge is 0.323 e. The molecule has 1 aromatic rings. The van der Waals surface area contributed by atoms with Gasteiger partial charge in [-0.15, -0.1) is 0 Å². The Labute approximate surface area is 132 Å². The Morgan fingerprint density at radius 1 is 1.14 bits per heavy atom. The Bertz CT molecular complexity index is 479. The van der Waals surface area contributed by atoms with Crippen molar-refractivity contribution in [2.45, 2.75) is 18.9 Å². The number of likely N-dealkylation sites (N-methyl/N-ethyl adjacent to an activating group) is 1. The minimum atomic E-state index is -0.0319. The molecule has 3 rings (SSSR count). The van der Waals surface area contributed by atoms with Gasteiger partial charge in [-0.2, -0.15) is 0 Å². The van der Waals surface area contributed by atoms with E-state index in [-0.39, 0.29) is 6.03 Å². The highest BCUT2D eigenvalue weighted by molar-refractivity contribution is 5.88. The van der Waals surface area contributed by atoms with E-state index in [0.717, 1.165) is 52.1 Å². The zero-order valence-electron chi connectivity index (χ0n) is 13.2. The van der Waals surface area contributed by atoms with E-state index in [4.69, 9.17) is 0 Å². The molecular weight excluding hydrogens is 278 g/mol. The number of rotatable bonds is 2. The number of piperidine rings is 1. The fourth-order valence-corrected chi connectivity index (χ4v) is 3.25. The van der Waals surface area contributed by atoms with Crippen molar-refractivity contribution in [2.75, 3.05) is 51.6 Å². The number of likely N-dealkylation sites (tertiary alicyclic amines) is 1. The van der Waals surface area contributed by atoms with Crippen molar-refractivity contribution < 1.29 is 4.79 Å². The van der Waals surface area contributed by atoms with E-state index in [2.05, 4.69) is 27.1 Å². The van der Waals surface area contributed by atoms with Crippen molar-refractivity contribution in [3.63, 3.8) is 0 Å². The van der Waals surface area contributed by atoms with Crippen LogP contribution in [-0.2, 0) is 0 Å². The van der Waals surface area contributed by atoms with Crippen molar-refractivity contribution in [3.05, 3.63) is 24.4 Å². The highest BCUT2D eigenvalue weighted by atomic mass is 16.2. The number of aromatic nitrogens is 1. The minimum absolute atomic E-state index is 0.0319. The number of nitrogens with zero attached hydrogens (tertiary/aromatic N) is 4. The molecule has 3 heterocycles. The summed E-state index contributed by atoms with van der Waals surface area (Å²) in [7, 11) is 2.18. The first kappa shape index (κ1) is 15.2. The summed E-state index contributed by atoms with van der Waals surface area (Å²) in [5, 5.41) is 2.87. The Hall–Kier alpha value is -1.66. The molecule has 0 aromatic carbocycles. The van der Waals surface area contributed by atoms with Crippen molar-refractivity contribution >= 4 is 11.8 Å². The van der Waals surface area contributed by atoms with Crippen molar-refractivity contribution in [1.29, 1.82) is 0 Å². The summed E-state index contributed by atoms with van der Waals surface area (Å²) in [6, 6.07) is 6.14. The number of hydrogen-bond acceptors (Lipinski definition) is 4. The number of urea groups is 1. The molecule has 2 aliphatic rings. The van der Waals surface area contributed by atoms with Crippen molar-refractivity contribution in [1.82, 2.24) is 19.7 Å². The van der Waals surface area contributed by atoms with Gasteiger partial charge >= 0.3 is 6.03 Å². The summed E-state index contributed by atoms with van der Waals surface area (Å²) in [6.45, 7) is 6.27. The molecule has 1 aromatic heterocycles. The first-order valence-electron chi connectivity index (χ1n) is 8.12. The van der Waals surface area contributed by atoms with Gasteiger partial charge in [0.2, 0.25) is 0 Å². The highest BCUT2D eigenvalue weighted by Gasteiger charge is 2.28. The van der Waals surface area contributed by atoms with Gasteiger partial charge in [-0.1, -0.05) is 6.07 Å². The van der Waals surface area contributed by atoms with Crippen LogP contribution in [0.3, 0.4) is 0 Å². The normalized spacial score (nSPS) is 21.8. The van der Waals surface area contributed by atoms with E-state index in [9.17, 15) is 4.79 Å². The molecule has 0 saturated carbocycles. The fourth-order valence-electron chi connectivity index (χ4n) is 3.25. The number of pyridine rings is 1. The van der Waals surface area contributed by atoms with Crippen LogP contribution >= 0.6 is 0 Å². The molecule has 2 saturated heterocycles. The van der Waals surface area contributed by atoms with Crippen LogP contribution in [0.15, 0.2) is 24.4 Å². The minimum Gasteiger partial charge on any atom is -0.324 e. The van der Waals surface area contributed by atoms with Gasteiger partial charge in [0.15, 0.2) is 0 Å². The van der Waals surface area contributed by atoms with Crippen LogP contribution in [0.25, 0.3) is 0 Å². The molecular formula is C16H25N5O. The molecule has 0 spiro atoms. The molecule has 1 N–H and O–H groups in total. The number of piperazine rings is 1. The zero-order chi connectivity index (χ0) is 15.4. The fraction of sp³-hybridized carbons (Fsp3) is 0.625. The van der Waals surface area contributed by atoms with E-state index >= 15 is 0 Å². The number of hydrogen-bond donors (Lipinski definition) is 1. The molecule has 6 heteroatoms. The standard InChI is InChI=1S/C16H25N5O/c1-19-10-12-20(13-11-19)14-5-8-21(9-6-14)16(22)18-15-4-2-3-7-17-15/h2-4,7,14H,5-6,8-13H2,1H3,(H,17,18,22). The molecule has 2 amide bonds. The first-order valence-corrected chi connectivity index (χ1v) is 8.12. The molecule has 0 atom stereocenters. The van der Waals surface area contributed by atoms with E-state index in [0.29, 0.717) is 11.9 Å². The maximum Gasteiger partial charge on any atom is 0.323 e. The number of carbonyl (C=O) groups is 1. The van der Waals surface area contributed by atoms with E-state index in [1.807, 2.05) is 23.1 Å². The first-order chi connectivity index (χ1) is 10.7. The summed E-state index contributed by atoms with van der Waals surface area (Å²) in [6.07, 6.45) is 3.83. The van der Waals surface area contributed by atoms with Gasteiger partial charge in [0.1, 0.15) is 5.82 Å². The van der Waals surface area contributed by atoms with Gasteiger partial charge in [-0.3, -0.25) is 10.2 Å². The van der Waals surface area contributed by atoms with Gasteiger partial charge < -0.3 is 9.80 Å². The monoisotopic (exact) mass is 303 g/mol. The quantitative estimate of drug-likeness (QED) is 0.895.